The van der Waals surface area contributed by atoms with Gasteiger partial charge in [-0.05, 0) is 25.8 Å². The molecule has 0 radical (unpaired) electrons. The molecule has 0 aromatic carbocycles. The Morgan fingerprint density at radius 1 is 1.42 bits per heavy atom. The van der Waals surface area contributed by atoms with E-state index in [-0.39, 0.29) is 11.7 Å². The van der Waals surface area contributed by atoms with Crippen LogP contribution in [0.25, 0.3) is 0 Å². The summed E-state index contributed by atoms with van der Waals surface area (Å²) in [5, 5.41) is 0. The van der Waals surface area contributed by atoms with E-state index < -0.39 is 0 Å². The first-order valence-corrected chi connectivity index (χ1v) is 4.17. The molecule has 0 N–H and O–H groups in total. The summed E-state index contributed by atoms with van der Waals surface area (Å²) >= 11 is 0. The molecule has 2 nitrogen and oxygen atoms in total. The highest BCUT2D eigenvalue weighted by atomic mass is 16.1. The highest BCUT2D eigenvalue weighted by molar-refractivity contribution is 5.90. The summed E-state index contributed by atoms with van der Waals surface area (Å²) in [6.45, 7) is 5.69. The Kier molecular flexibility index (Phi) is 5.26. The summed E-state index contributed by atoms with van der Waals surface area (Å²) in [6.07, 6.45) is 3.44. The van der Waals surface area contributed by atoms with Crippen molar-refractivity contribution in [3.63, 3.8) is 0 Å². The Balaban J connectivity index is 3.84. The molecule has 0 rings (SSSR count). The normalized spacial score (nSPS) is 11.9. The van der Waals surface area contributed by atoms with Crippen LogP contribution in [-0.4, -0.2) is 12.1 Å². The van der Waals surface area contributed by atoms with E-state index in [2.05, 4.69) is 0 Å². The Morgan fingerprint density at radius 3 is 2.42 bits per heavy atom. The molecule has 0 bridgehead atoms. The van der Waals surface area contributed by atoms with Gasteiger partial charge in [0, 0.05) is 12.8 Å². The molecule has 1 unspecified atom stereocenters. The fourth-order valence-corrected chi connectivity index (χ4v) is 0.972. The maximum absolute atomic E-state index is 11.1. The molecule has 0 fully saturated rings. The van der Waals surface area contributed by atoms with Gasteiger partial charge in [-0.25, -0.2) is 0 Å². The van der Waals surface area contributed by atoms with Crippen molar-refractivity contribution in [1.29, 1.82) is 0 Å². The number of ketones is 1. The Hall–Kier alpha value is -0.920. The average molecular weight is 168 g/mol. The molecule has 68 valence electrons. The minimum Gasteiger partial charge on any atom is -0.303 e. The van der Waals surface area contributed by atoms with Crippen molar-refractivity contribution in [2.45, 2.75) is 33.6 Å². The van der Waals surface area contributed by atoms with Crippen molar-refractivity contribution in [2.75, 3.05) is 0 Å². The second-order valence-electron chi connectivity index (χ2n) is 3.40. The Labute approximate surface area is 73.7 Å². The van der Waals surface area contributed by atoms with Crippen LogP contribution in [0.2, 0.25) is 0 Å². The van der Waals surface area contributed by atoms with Crippen LogP contribution in [0.5, 0.6) is 0 Å². The van der Waals surface area contributed by atoms with Gasteiger partial charge in [-0.1, -0.05) is 12.5 Å². The number of hydrogen-bond donors (Lipinski definition) is 0. The molecule has 0 aliphatic heterocycles. The fourth-order valence-electron chi connectivity index (χ4n) is 0.972. The van der Waals surface area contributed by atoms with E-state index in [0.29, 0.717) is 12.8 Å². The third-order valence-electron chi connectivity index (χ3n) is 1.50. The van der Waals surface area contributed by atoms with E-state index in [1.165, 1.54) is 0 Å². The lowest BCUT2D eigenvalue weighted by atomic mass is 10.0. The van der Waals surface area contributed by atoms with Crippen LogP contribution in [0.1, 0.15) is 33.6 Å². The van der Waals surface area contributed by atoms with Gasteiger partial charge in [-0.15, -0.1) is 0 Å². The minimum atomic E-state index is 0.115. The number of rotatable bonds is 5. The second-order valence-corrected chi connectivity index (χ2v) is 3.40. The van der Waals surface area contributed by atoms with Gasteiger partial charge in [0.1, 0.15) is 6.29 Å². The molecule has 0 aliphatic carbocycles. The van der Waals surface area contributed by atoms with Crippen LogP contribution in [0.15, 0.2) is 11.6 Å². The molecule has 0 saturated carbocycles. The predicted molar refractivity (Wildman–Crippen MR) is 48.9 cm³/mol. The molecule has 2 heteroatoms. The molecule has 0 saturated heterocycles. The van der Waals surface area contributed by atoms with Crippen LogP contribution in [0.3, 0.4) is 0 Å². The number of carbonyl (C=O) groups excluding carboxylic acids is 2. The molecule has 0 aromatic rings. The van der Waals surface area contributed by atoms with Crippen molar-refractivity contribution in [3.8, 4) is 0 Å². The van der Waals surface area contributed by atoms with Crippen LogP contribution in [0.4, 0.5) is 0 Å². The lowest BCUT2D eigenvalue weighted by Gasteiger charge is -2.03. The molecular formula is C10H16O2. The standard InChI is InChI=1S/C10H16O2/c1-8(2)6-10(12)7-9(3)4-5-11/h5-6,9H,4,7H2,1-3H3. The average Bonchev–Trinajstić information content (AvgIpc) is 1.84. The van der Waals surface area contributed by atoms with Crippen molar-refractivity contribution >= 4 is 12.1 Å². The maximum atomic E-state index is 11.1. The zero-order valence-corrected chi connectivity index (χ0v) is 7.96. The fraction of sp³-hybridized carbons (Fsp3) is 0.600. The van der Waals surface area contributed by atoms with Gasteiger partial charge in [-0.2, -0.15) is 0 Å². The third kappa shape index (κ3) is 5.83. The molecule has 12 heavy (non-hydrogen) atoms. The van der Waals surface area contributed by atoms with Crippen LogP contribution >= 0.6 is 0 Å². The van der Waals surface area contributed by atoms with Crippen LogP contribution < -0.4 is 0 Å². The first-order chi connectivity index (χ1) is 5.56. The summed E-state index contributed by atoms with van der Waals surface area (Å²) in [7, 11) is 0. The third-order valence-corrected chi connectivity index (χ3v) is 1.50. The van der Waals surface area contributed by atoms with E-state index in [1.54, 1.807) is 6.08 Å². The second kappa shape index (κ2) is 5.70. The lowest BCUT2D eigenvalue weighted by molar-refractivity contribution is -0.115. The highest BCUT2D eigenvalue weighted by Crippen LogP contribution is 2.07. The monoisotopic (exact) mass is 168 g/mol. The first kappa shape index (κ1) is 11.1. The molecule has 0 aliphatic rings. The number of hydrogen-bond acceptors (Lipinski definition) is 2. The van der Waals surface area contributed by atoms with Crippen molar-refractivity contribution in [3.05, 3.63) is 11.6 Å². The van der Waals surface area contributed by atoms with E-state index in [9.17, 15) is 9.59 Å². The van der Waals surface area contributed by atoms with Gasteiger partial charge < -0.3 is 4.79 Å². The SMILES string of the molecule is CC(C)=CC(=O)CC(C)CC=O. The molecule has 0 aromatic heterocycles. The number of allylic oxidation sites excluding steroid dienone is 2. The van der Waals surface area contributed by atoms with Crippen molar-refractivity contribution in [2.24, 2.45) is 5.92 Å². The van der Waals surface area contributed by atoms with E-state index >= 15 is 0 Å². The van der Waals surface area contributed by atoms with Crippen molar-refractivity contribution < 1.29 is 9.59 Å². The van der Waals surface area contributed by atoms with Gasteiger partial charge in [0.15, 0.2) is 5.78 Å². The van der Waals surface area contributed by atoms with Gasteiger partial charge in [0.2, 0.25) is 0 Å². The zero-order chi connectivity index (χ0) is 9.56. The van der Waals surface area contributed by atoms with Gasteiger partial charge in [0.25, 0.3) is 0 Å². The number of aldehydes is 1. The van der Waals surface area contributed by atoms with Crippen molar-refractivity contribution in [1.82, 2.24) is 0 Å². The summed E-state index contributed by atoms with van der Waals surface area (Å²) in [4.78, 5) is 21.2. The number of carbonyl (C=O) groups is 2. The predicted octanol–water partition coefficient (Wildman–Crippen LogP) is 2.14. The van der Waals surface area contributed by atoms with Gasteiger partial charge in [-0.3, -0.25) is 4.79 Å². The first-order valence-electron chi connectivity index (χ1n) is 4.17. The van der Waals surface area contributed by atoms with Crippen LogP contribution in [-0.2, 0) is 9.59 Å². The lowest BCUT2D eigenvalue weighted by Crippen LogP contribution is -2.03. The van der Waals surface area contributed by atoms with E-state index in [0.717, 1.165) is 11.9 Å². The largest absolute Gasteiger partial charge is 0.303 e. The Bertz CT molecular complexity index is 188. The Morgan fingerprint density at radius 2 is 2.00 bits per heavy atom. The quantitative estimate of drug-likeness (QED) is 0.465. The zero-order valence-electron chi connectivity index (χ0n) is 7.96. The summed E-state index contributed by atoms with van der Waals surface area (Å²) in [6, 6.07) is 0. The summed E-state index contributed by atoms with van der Waals surface area (Å²) in [5.74, 6) is 0.287. The minimum absolute atomic E-state index is 0.115. The highest BCUT2D eigenvalue weighted by Gasteiger charge is 2.05. The molecule has 0 amide bonds. The molecule has 0 heterocycles. The summed E-state index contributed by atoms with van der Waals surface area (Å²) < 4.78 is 0. The van der Waals surface area contributed by atoms with E-state index in [4.69, 9.17) is 0 Å². The molecule has 0 spiro atoms. The van der Waals surface area contributed by atoms with Gasteiger partial charge in [0.05, 0.1) is 0 Å². The van der Waals surface area contributed by atoms with Crippen LogP contribution in [0, 0.1) is 5.92 Å². The summed E-state index contributed by atoms with van der Waals surface area (Å²) in [5.41, 5.74) is 1.01. The smallest absolute Gasteiger partial charge is 0.155 e. The molecule has 1 atom stereocenters. The topological polar surface area (TPSA) is 34.1 Å². The maximum Gasteiger partial charge on any atom is 0.155 e. The molecular weight excluding hydrogens is 152 g/mol. The van der Waals surface area contributed by atoms with E-state index in [1.807, 2.05) is 20.8 Å². The van der Waals surface area contributed by atoms with Gasteiger partial charge >= 0.3 is 0 Å².